The van der Waals surface area contributed by atoms with Gasteiger partial charge in [-0.05, 0) is 86.4 Å². The largest absolute Gasteiger partial charge is 0.508 e. The lowest BCUT2D eigenvalue weighted by molar-refractivity contribution is -0.142. The lowest BCUT2D eigenvalue weighted by Crippen LogP contribution is -2.23. The Morgan fingerprint density at radius 1 is 1.00 bits per heavy atom. The third-order valence-electron chi connectivity index (χ3n) is 7.28. The highest BCUT2D eigenvalue weighted by Gasteiger charge is 2.34. The second-order valence-electron chi connectivity index (χ2n) is 9.21. The van der Waals surface area contributed by atoms with Crippen molar-refractivity contribution in [2.24, 2.45) is 5.92 Å². The standard InChI is InChI=1S/C26H27ClFNO4/c27-21-13-18(5-7-22(21)28)29-23-8-6-19(30)14-20(23)24(25(29)16-9-11-33-12-10-16)15-1-3-17(4-2-15)26(31)32/h5-8,13-17,30H,1-4,9-12H2,(H,31,32). The van der Waals surface area contributed by atoms with E-state index in [1.807, 2.05) is 6.07 Å². The summed E-state index contributed by atoms with van der Waals surface area (Å²) in [5, 5.41) is 20.9. The van der Waals surface area contributed by atoms with Crippen molar-refractivity contribution in [1.29, 1.82) is 0 Å². The summed E-state index contributed by atoms with van der Waals surface area (Å²) in [6.45, 7) is 1.35. The molecule has 2 fully saturated rings. The number of carbonyl (C=O) groups is 1. The monoisotopic (exact) mass is 471 g/mol. The Labute approximate surface area is 196 Å². The smallest absolute Gasteiger partial charge is 0.306 e. The molecule has 0 amide bonds. The summed E-state index contributed by atoms with van der Waals surface area (Å²) in [7, 11) is 0. The summed E-state index contributed by atoms with van der Waals surface area (Å²) >= 11 is 6.18. The van der Waals surface area contributed by atoms with Gasteiger partial charge in [0.25, 0.3) is 0 Å². The molecular weight excluding hydrogens is 445 g/mol. The number of phenols is 1. The van der Waals surface area contributed by atoms with E-state index in [1.165, 1.54) is 11.6 Å². The van der Waals surface area contributed by atoms with Crippen molar-refractivity contribution in [2.75, 3.05) is 13.2 Å². The Morgan fingerprint density at radius 2 is 1.73 bits per heavy atom. The van der Waals surface area contributed by atoms with Gasteiger partial charge in [0.1, 0.15) is 11.6 Å². The lowest BCUT2D eigenvalue weighted by atomic mass is 9.76. The number of fused-ring (bicyclic) bond motifs is 1. The minimum atomic E-state index is -0.723. The van der Waals surface area contributed by atoms with Crippen LogP contribution in [0.25, 0.3) is 16.6 Å². The van der Waals surface area contributed by atoms with Gasteiger partial charge >= 0.3 is 5.97 Å². The number of nitrogens with zero attached hydrogens (tertiary/aromatic N) is 1. The Morgan fingerprint density at radius 3 is 2.39 bits per heavy atom. The van der Waals surface area contributed by atoms with Crippen molar-refractivity contribution in [3.8, 4) is 11.4 Å². The topological polar surface area (TPSA) is 71.7 Å². The Hall–Kier alpha value is -2.57. The molecule has 174 valence electrons. The van der Waals surface area contributed by atoms with Crippen LogP contribution >= 0.6 is 11.6 Å². The molecule has 0 bridgehead atoms. The van der Waals surface area contributed by atoms with Gasteiger partial charge < -0.3 is 19.5 Å². The molecule has 0 unspecified atom stereocenters. The number of ether oxygens (including phenoxy) is 1. The number of benzene rings is 2. The predicted molar refractivity (Wildman–Crippen MR) is 125 cm³/mol. The van der Waals surface area contributed by atoms with Crippen LogP contribution in [-0.2, 0) is 9.53 Å². The Balaban J connectivity index is 1.73. The molecule has 1 aromatic heterocycles. The number of aromatic hydroxyl groups is 1. The normalized spacial score (nSPS) is 22.0. The summed E-state index contributed by atoms with van der Waals surface area (Å²) in [6, 6.07) is 10.1. The van der Waals surface area contributed by atoms with E-state index in [1.54, 1.807) is 24.3 Å². The van der Waals surface area contributed by atoms with Crippen LogP contribution in [-0.4, -0.2) is 34.0 Å². The number of rotatable bonds is 4. The molecule has 1 saturated heterocycles. The number of aliphatic carboxylic acids is 1. The fourth-order valence-electron chi connectivity index (χ4n) is 5.66. The van der Waals surface area contributed by atoms with E-state index in [-0.39, 0.29) is 28.5 Å². The quantitative estimate of drug-likeness (QED) is 0.463. The second-order valence-corrected chi connectivity index (χ2v) is 9.61. The molecule has 1 saturated carbocycles. The van der Waals surface area contributed by atoms with E-state index in [0.717, 1.165) is 48.0 Å². The maximum Gasteiger partial charge on any atom is 0.306 e. The Bertz CT molecular complexity index is 1190. The molecule has 3 aromatic rings. The molecule has 33 heavy (non-hydrogen) atoms. The van der Waals surface area contributed by atoms with Gasteiger partial charge in [0, 0.05) is 35.9 Å². The molecule has 2 heterocycles. The molecule has 7 heteroatoms. The predicted octanol–water partition coefficient (Wildman–Crippen LogP) is 6.38. The molecule has 2 aromatic carbocycles. The molecule has 1 aliphatic carbocycles. The van der Waals surface area contributed by atoms with Gasteiger partial charge in [-0.15, -0.1) is 0 Å². The highest BCUT2D eigenvalue weighted by Crippen LogP contribution is 2.47. The fraction of sp³-hybridized carbons (Fsp3) is 0.423. The van der Waals surface area contributed by atoms with Crippen LogP contribution in [0.15, 0.2) is 36.4 Å². The highest BCUT2D eigenvalue weighted by atomic mass is 35.5. The van der Waals surface area contributed by atoms with Crippen LogP contribution in [0, 0.1) is 11.7 Å². The van der Waals surface area contributed by atoms with Crippen molar-refractivity contribution >= 4 is 28.5 Å². The van der Waals surface area contributed by atoms with Gasteiger partial charge in [-0.25, -0.2) is 4.39 Å². The maximum atomic E-state index is 14.0. The van der Waals surface area contributed by atoms with Crippen LogP contribution in [0.5, 0.6) is 5.75 Å². The molecule has 1 aliphatic heterocycles. The van der Waals surface area contributed by atoms with E-state index < -0.39 is 11.8 Å². The number of carboxylic acids is 1. The zero-order chi connectivity index (χ0) is 23.1. The first-order valence-corrected chi connectivity index (χ1v) is 11.9. The van der Waals surface area contributed by atoms with Gasteiger partial charge in [-0.3, -0.25) is 4.79 Å². The first-order valence-electron chi connectivity index (χ1n) is 11.6. The fourth-order valence-corrected chi connectivity index (χ4v) is 5.83. The third-order valence-corrected chi connectivity index (χ3v) is 7.57. The van der Waals surface area contributed by atoms with Crippen molar-refractivity contribution < 1.29 is 24.1 Å². The minimum absolute atomic E-state index is 0.0644. The zero-order valence-electron chi connectivity index (χ0n) is 18.3. The van der Waals surface area contributed by atoms with Crippen LogP contribution < -0.4 is 0 Å². The van der Waals surface area contributed by atoms with E-state index in [0.29, 0.717) is 26.1 Å². The summed E-state index contributed by atoms with van der Waals surface area (Å²) in [6.07, 6.45) is 4.59. The molecule has 5 nitrogen and oxygen atoms in total. The van der Waals surface area contributed by atoms with E-state index in [9.17, 15) is 19.4 Å². The molecule has 0 atom stereocenters. The number of halogens is 2. The number of carboxylic acid groups (broad SMARTS) is 1. The first-order chi connectivity index (χ1) is 15.9. The van der Waals surface area contributed by atoms with Gasteiger partial charge in [0.05, 0.1) is 16.5 Å². The van der Waals surface area contributed by atoms with Crippen molar-refractivity contribution in [3.05, 3.63) is 58.5 Å². The lowest BCUT2D eigenvalue weighted by Gasteiger charge is -2.31. The number of hydrogen-bond acceptors (Lipinski definition) is 3. The highest BCUT2D eigenvalue weighted by molar-refractivity contribution is 6.30. The second kappa shape index (κ2) is 8.99. The molecule has 0 radical (unpaired) electrons. The minimum Gasteiger partial charge on any atom is -0.508 e. The molecule has 2 aliphatic rings. The van der Waals surface area contributed by atoms with Crippen molar-refractivity contribution in [2.45, 2.75) is 50.4 Å². The van der Waals surface area contributed by atoms with E-state index >= 15 is 0 Å². The van der Waals surface area contributed by atoms with Crippen molar-refractivity contribution in [1.82, 2.24) is 4.57 Å². The summed E-state index contributed by atoms with van der Waals surface area (Å²) in [5.74, 6) is -0.862. The average molecular weight is 472 g/mol. The summed E-state index contributed by atoms with van der Waals surface area (Å²) < 4.78 is 21.8. The van der Waals surface area contributed by atoms with Gasteiger partial charge in [0.15, 0.2) is 0 Å². The molecule has 5 rings (SSSR count). The summed E-state index contributed by atoms with van der Waals surface area (Å²) in [4.78, 5) is 11.5. The first kappa shape index (κ1) is 22.2. The van der Waals surface area contributed by atoms with Crippen LogP contribution in [0.4, 0.5) is 4.39 Å². The number of hydrogen-bond donors (Lipinski definition) is 2. The summed E-state index contributed by atoms with van der Waals surface area (Å²) in [5.41, 5.74) is 4.05. The average Bonchev–Trinajstić information content (AvgIpc) is 3.15. The third kappa shape index (κ3) is 4.11. The molecular formula is C26H27ClFNO4. The molecule has 2 N–H and O–H groups in total. The van der Waals surface area contributed by atoms with Crippen LogP contribution in [0.3, 0.4) is 0 Å². The van der Waals surface area contributed by atoms with E-state index in [4.69, 9.17) is 16.3 Å². The van der Waals surface area contributed by atoms with Crippen LogP contribution in [0.1, 0.15) is 61.6 Å². The van der Waals surface area contributed by atoms with E-state index in [2.05, 4.69) is 4.57 Å². The number of phenolic OH excluding ortho intramolecular Hbond substituents is 1. The van der Waals surface area contributed by atoms with Gasteiger partial charge in [0.2, 0.25) is 0 Å². The SMILES string of the molecule is O=C(O)C1CCC(c2c(C3CCOCC3)n(-c3ccc(F)c(Cl)c3)c3ccc(O)cc23)CC1. The molecule has 0 spiro atoms. The van der Waals surface area contributed by atoms with Gasteiger partial charge in [-0.2, -0.15) is 0 Å². The maximum absolute atomic E-state index is 14.0. The van der Waals surface area contributed by atoms with Crippen molar-refractivity contribution in [3.63, 3.8) is 0 Å². The number of aromatic nitrogens is 1. The van der Waals surface area contributed by atoms with Gasteiger partial charge in [-0.1, -0.05) is 11.6 Å². The van der Waals surface area contributed by atoms with Crippen LogP contribution in [0.2, 0.25) is 5.02 Å². The zero-order valence-corrected chi connectivity index (χ0v) is 19.0. The Kier molecular flexibility index (Phi) is 6.06.